The Morgan fingerprint density at radius 1 is 1.20 bits per heavy atom. The molecule has 3 aromatic rings. The van der Waals surface area contributed by atoms with Gasteiger partial charge in [-0.2, -0.15) is 0 Å². The van der Waals surface area contributed by atoms with Crippen molar-refractivity contribution in [3.8, 4) is 11.3 Å². The van der Waals surface area contributed by atoms with E-state index in [4.69, 9.17) is 16.1 Å². The third-order valence-electron chi connectivity index (χ3n) is 3.93. The average molecular weight is 359 g/mol. The number of rotatable bonds is 3. The molecule has 0 saturated carbocycles. The van der Waals surface area contributed by atoms with Crippen LogP contribution >= 0.6 is 11.6 Å². The monoisotopic (exact) mass is 358 g/mol. The van der Waals surface area contributed by atoms with Crippen LogP contribution in [0.5, 0.6) is 0 Å². The summed E-state index contributed by atoms with van der Waals surface area (Å²) in [5, 5.41) is 6.85. The fourth-order valence-electron chi connectivity index (χ4n) is 2.59. The fraction of sp³-hybridized carbons (Fsp3) is 0.158. The molecular weight excluding hydrogens is 343 g/mol. The molecule has 1 amide bonds. The summed E-state index contributed by atoms with van der Waals surface area (Å²) in [5.74, 6) is -0.708. The molecule has 0 saturated heterocycles. The molecule has 0 bridgehead atoms. The van der Waals surface area contributed by atoms with Gasteiger partial charge < -0.3 is 9.84 Å². The molecule has 0 atom stereocenters. The highest BCUT2D eigenvalue weighted by atomic mass is 35.5. The predicted molar refractivity (Wildman–Crippen MR) is 95.5 cm³/mol. The maximum absolute atomic E-state index is 14.2. The van der Waals surface area contributed by atoms with E-state index in [1.807, 2.05) is 32.0 Å². The van der Waals surface area contributed by atoms with Crippen LogP contribution in [0.1, 0.15) is 27.2 Å². The van der Waals surface area contributed by atoms with Crippen molar-refractivity contribution in [1.82, 2.24) is 5.16 Å². The molecule has 0 fully saturated rings. The molecule has 0 aliphatic carbocycles. The van der Waals surface area contributed by atoms with Gasteiger partial charge in [-0.3, -0.25) is 4.79 Å². The maximum atomic E-state index is 14.2. The lowest BCUT2D eigenvalue weighted by Crippen LogP contribution is -2.14. The molecule has 1 heterocycles. The minimum absolute atomic E-state index is 0.0483. The zero-order valence-electron chi connectivity index (χ0n) is 14.0. The van der Waals surface area contributed by atoms with E-state index >= 15 is 0 Å². The molecule has 128 valence electrons. The maximum Gasteiger partial charge on any atom is 0.261 e. The molecule has 4 nitrogen and oxygen atoms in total. The average Bonchev–Trinajstić information content (AvgIpc) is 2.92. The summed E-state index contributed by atoms with van der Waals surface area (Å²) >= 11 is 6.10. The standard InChI is InChI=1S/C19H16ClFN2O2/c1-10-7-8-11(2)15(9-10)22-19(24)16-12(3)25-23-18(16)17-13(20)5-4-6-14(17)21/h4-9H,1-3H3,(H,22,24). The van der Waals surface area contributed by atoms with Gasteiger partial charge in [0.2, 0.25) is 0 Å². The number of benzene rings is 2. The van der Waals surface area contributed by atoms with E-state index < -0.39 is 11.7 Å². The number of aromatic nitrogens is 1. The van der Waals surface area contributed by atoms with Gasteiger partial charge in [0.25, 0.3) is 5.91 Å². The van der Waals surface area contributed by atoms with Crippen LogP contribution in [-0.4, -0.2) is 11.1 Å². The summed E-state index contributed by atoms with van der Waals surface area (Å²) in [6.45, 7) is 5.43. The number of hydrogen-bond acceptors (Lipinski definition) is 3. The Kier molecular flexibility index (Phi) is 4.59. The van der Waals surface area contributed by atoms with Crippen LogP contribution in [-0.2, 0) is 0 Å². The van der Waals surface area contributed by atoms with Crippen molar-refractivity contribution in [2.45, 2.75) is 20.8 Å². The van der Waals surface area contributed by atoms with Gasteiger partial charge in [-0.1, -0.05) is 35.0 Å². The van der Waals surface area contributed by atoms with Crippen molar-refractivity contribution in [3.05, 3.63) is 69.7 Å². The minimum Gasteiger partial charge on any atom is -0.360 e. The van der Waals surface area contributed by atoms with Crippen LogP contribution in [0.3, 0.4) is 0 Å². The summed E-state index contributed by atoms with van der Waals surface area (Å²) in [4.78, 5) is 12.8. The number of amides is 1. The van der Waals surface area contributed by atoms with Crippen molar-refractivity contribution in [2.75, 3.05) is 5.32 Å². The third-order valence-corrected chi connectivity index (χ3v) is 4.25. The number of carbonyl (C=O) groups is 1. The fourth-order valence-corrected chi connectivity index (χ4v) is 2.84. The minimum atomic E-state index is -0.568. The first-order chi connectivity index (χ1) is 11.9. The Balaban J connectivity index is 2.05. The summed E-state index contributed by atoms with van der Waals surface area (Å²) in [6.07, 6.45) is 0. The van der Waals surface area contributed by atoms with E-state index in [0.717, 1.165) is 11.1 Å². The molecule has 0 unspecified atom stereocenters. The van der Waals surface area contributed by atoms with Crippen molar-refractivity contribution in [3.63, 3.8) is 0 Å². The second kappa shape index (κ2) is 6.69. The van der Waals surface area contributed by atoms with Gasteiger partial charge in [-0.05, 0) is 50.1 Å². The molecule has 25 heavy (non-hydrogen) atoms. The number of aryl methyl sites for hydroxylation is 3. The zero-order chi connectivity index (χ0) is 18.1. The second-order valence-corrected chi connectivity index (χ2v) is 6.24. The number of nitrogens with one attached hydrogen (secondary N) is 1. The van der Waals surface area contributed by atoms with Crippen LogP contribution < -0.4 is 5.32 Å². The van der Waals surface area contributed by atoms with Crippen LogP contribution in [0.4, 0.5) is 10.1 Å². The number of nitrogens with zero attached hydrogens (tertiary/aromatic N) is 1. The molecule has 1 N–H and O–H groups in total. The van der Waals surface area contributed by atoms with E-state index in [0.29, 0.717) is 5.69 Å². The van der Waals surface area contributed by atoms with E-state index in [9.17, 15) is 9.18 Å². The summed E-state index contributed by atoms with van der Waals surface area (Å²) < 4.78 is 19.4. The highest BCUT2D eigenvalue weighted by Gasteiger charge is 2.25. The molecule has 0 aliphatic rings. The summed E-state index contributed by atoms with van der Waals surface area (Å²) in [5.41, 5.74) is 2.90. The highest BCUT2D eigenvalue weighted by Crippen LogP contribution is 2.34. The quantitative estimate of drug-likeness (QED) is 0.690. The van der Waals surface area contributed by atoms with Gasteiger partial charge in [0.15, 0.2) is 0 Å². The first kappa shape index (κ1) is 17.2. The lowest BCUT2D eigenvalue weighted by molar-refractivity contribution is 0.102. The molecule has 0 spiro atoms. The summed E-state index contributed by atoms with van der Waals surface area (Å²) in [6, 6.07) is 10.0. The van der Waals surface area contributed by atoms with Gasteiger partial charge in [-0.25, -0.2) is 4.39 Å². The van der Waals surface area contributed by atoms with Crippen LogP contribution in [0, 0.1) is 26.6 Å². The van der Waals surface area contributed by atoms with Crippen molar-refractivity contribution >= 4 is 23.2 Å². The third kappa shape index (κ3) is 3.28. The van der Waals surface area contributed by atoms with Crippen LogP contribution in [0.15, 0.2) is 40.9 Å². The van der Waals surface area contributed by atoms with Crippen LogP contribution in [0.2, 0.25) is 5.02 Å². The first-order valence-corrected chi connectivity index (χ1v) is 8.05. The number of hydrogen-bond donors (Lipinski definition) is 1. The molecule has 0 radical (unpaired) electrons. The SMILES string of the molecule is Cc1ccc(C)c(NC(=O)c2c(-c3c(F)cccc3Cl)noc2C)c1. The Morgan fingerprint density at radius 3 is 2.68 bits per heavy atom. The molecular formula is C19H16ClFN2O2. The zero-order valence-corrected chi connectivity index (χ0v) is 14.7. The number of halogens is 2. The van der Waals surface area contributed by atoms with E-state index in [2.05, 4.69) is 10.5 Å². The smallest absolute Gasteiger partial charge is 0.261 e. The lowest BCUT2D eigenvalue weighted by atomic mass is 10.0. The molecule has 1 aromatic heterocycles. The Hall–Kier alpha value is -2.66. The predicted octanol–water partition coefficient (Wildman–Crippen LogP) is 5.31. The van der Waals surface area contributed by atoms with Crippen molar-refractivity contribution in [1.29, 1.82) is 0 Å². The normalized spacial score (nSPS) is 10.8. The van der Waals surface area contributed by atoms with Crippen molar-refractivity contribution in [2.24, 2.45) is 0 Å². The Labute approximate surface area is 149 Å². The van der Waals surface area contributed by atoms with Gasteiger partial charge >= 0.3 is 0 Å². The molecule has 2 aromatic carbocycles. The highest BCUT2D eigenvalue weighted by molar-refractivity contribution is 6.33. The second-order valence-electron chi connectivity index (χ2n) is 5.83. The van der Waals surface area contributed by atoms with Gasteiger partial charge in [-0.15, -0.1) is 0 Å². The van der Waals surface area contributed by atoms with Gasteiger partial charge in [0, 0.05) is 5.69 Å². The van der Waals surface area contributed by atoms with E-state index in [-0.39, 0.29) is 27.6 Å². The van der Waals surface area contributed by atoms with Gasteiger partial charge in [0.05, 0.1) is 10.6 Å². The number of anilines is 1. The summed E-state index contributed by atoms with van der Waals surface area (Å²) in [7, 11) is 0. The van der Waals surface area contributed by atoms with Crippen LogP contribution in [0.25, 0.3) is 11.3 Å². The lowest BCUT2D eigenvalue weighted by Gasteiger charge is -2.10. The molecule has 6 heteroatoms. The van der Waals surface area contributed by atoms with E-state index in [1.165, 1.54) is 18.2 Å². The molecule has 3 rings (SSSR count). The molecule has 0 aliphatic heterocycles. The topological polar surface area (TPSA) is 55.1 Å². The van der Waals surface area contributed by atoms with Gasteiger partial charge in [0.1, 0.15) is 22.8 Å². The first-order valence-electron chi connectivity index (χ1n) is 7.67. The largest absolute Gasteiger partial charge is 0.360 e. The van der Waals surface area contributed by atoms with Crippen molar-refractivity contribution < 1.29 is 13.7 Å². The number of carbonyl (C=O) groups excluding carboxylic acids is 1. The Morgan fingerprint density at radius 2 is 1.96 bits per heavy atom. The Bertz CT molecular complexity index is 946. The van der Waals surface area contributed by atoms with E-state index in [1.54, 1.807) is 6.92 Å².